The van der Waals surface area contributed by atoms with Gasteiger partial charge in [-0.1, -0.05) is 30.3 Å². The van der Waals surface area contributed by atoms with Crippen molar-refractivity contribution in [3.05, 3.63) is 41.5 Å². The van der Waals surface area contributed by atoms with E-state index in [4.69, 9.17) is 15.0 Å². The van der Waals surface area contributed by atoms with E-state index in [1.54, 1.807) is 0 Å². The Kier molecular flexibility index (Phi) is 3.21. The van der Waals surface area contributed by atoms with E-state index in [0.717, 1.165) is 12.2 Å². The second-order valence-electron chi connectivity index (χ2n) is 4.95. The van der Waals surface area contributed by atoms with Gasteiger partial charge in [0.25, 0.3) is 0 Å². The van der Waals surface area contributed by atoms with Crippen molar-refractivity contribution in [2.24, 2.45) is 5.73 Å². The minimum atomic E-state index is 0.0954. The summed E-state index contributed by atoms with van der Waals surface area (Å²) in [6, 6.07) is 8.06. The first kappa shape index (κ1) is 12.2. The van der Waals surface area contributed by atoms with Gasteiger partial charge in [0.1, 0.15) is 5.75 Å². The highest BCUT2D eigenvalue weighted by atomic mass is 16.5. The summed E-state index contributed by atoms with van der Waals surface area (Å²) < 4.78 is 11.0. The van der Waals surface area contributed by atoms with Crippen LogP contribution in [0.25, 0.3) is 0 Å². The average Bonchev–Trinajstić information content (AvgIpc) is 2.95. The van der Waals surface area contributed by atoms with Crippen LogP contribution in [0.4, 0.5) is 0 Å². The average molecular weight is 259 g/mol. The van der Waals surface area contributed by atoms with Crippen LogP contribution in [-0.4, -0.2) is 23.3 Å². The largest absolute Gasteiger partial charge is 0.493 e. The number of para-hydroxylation sites is 1. The van der Waals surface area contributed by atoms with Gasteiger partial charge in [0.2, 0.25) is 5.89 Å². The zero-order valence-corrected chi connectivity index (χ0v) is 10.9. The van der Waals surface area contributed by atoms with Crippen molar-refractivity contribution in [1.29, 1.82) is 0 Å². The highest BCUT2D eigenvalue weighted by molar-refractivity contribution is 5.36. The van der Waals surface area contributed by atoms with Gasteiger partial charge in [0.15, 0.2) is 5.82 Å². The number of hydrogen-bond acceptors (Lipinski definition) is 5. The molecule has 0 aliphatic carbocycles. The summed E-state index contributed by atoms with van der Waals surface area (Å²) in [5.41, 5.74) is 6.79. The Balaban J connectivity index is 1.79. The molecule has 3 rings (SSSR count). The molecular weight excluding hydrogens is 242 g/mol. The Morgan fingerprint density at radius 3 is 3.11 bits per heavy atom. The fourth-order valence-corrected chi connectivity index (χ4v) is 2.21. The molecule has 2 heterocycles. The zero-order valence-electron chi connectivity index (χ0n) is 10.9. The van der Waals surface area contributed by atoms with Crippen LogP contribution in [0.2, 0.25) is 0 Å². The van der Waals surface area contributed by atoms with Crippen molar-refractivity contribution in [3.63, 3.8) is 0 Å². The van der Waals surface area contributed by atoms with Gasteiger partial charge in [-0.05, 0) is 18.1 Å². The summed E-state index contributed by atoms with van der Waals surface area (Å²) in [7, 11) is 0. The van der Waals surface area contributed by atoms with Crippen molar-refractivity contribution >= 4 is 0 Å². The Bertz CT molecular complexity index is 567. The monoisotopic (exact) mass is 259 g/mol. The SMILES string of the molecule is CC(CN)c1nc(C2COc3ccccc3C2)no1. The Labute approximate surface area is 111 Å². The molecule has 2 atom stereocenters. The molecule has 1 aromatic heterocycles. The van der Waals surface area contributed by atoms with Crippen LogP contribution in [0.3, 0.4) is 0 Å². The molecule has 100 valence electrons. The van der Waals surface area contributed by atoms with Crippen LogP contribution in [0.1, 0.15) is 36.0 Å². The summed E-state index contributed by atoms with van der Waals surface area (Å²) in [5, 5.41) is 4.06. The molecule has 19 heavy (non-hydrogen) atoms. The predicted octanol–water partition coefficient (Wildman–Crippen LogP) is 1.85. The fourth-order valence-electron chi connectivity index (χ4n) is 2.21. The van der Waals surface area contributed by atoms with Gasteiger partial charge in [-0.3, -0.25) is 0 Å². The third kappa shape index (κ3) is 2.33. The third-order valence-corrected chi connectivity index (χ3v) is 3.48. The third-order valence-electron chi connectivity index (χ3n) is 3.48. The van der Waals surface area contributed by atoms with Crippen molar-refractivity contribution < 1.29 is 9.26 Å². The number of nitrogens with zero attached hydrogens (tertiary/aromatic N) is 2. The molecule has 0 radical (unpaired) electrons. The molecule has 0 saturated carbocycles. The lowest BCUT2D eigenvalue weighted by molar-refractivity contribution is 0.253. The fraction of sp³-hybridized carbons (Fsp3) is 0.429. The molecule has 2 aromatic rings. The van der Waals surface area contributed by atoms with E-state index in [1.165, 1.54) is 5.56 Å². The maximum atomic E-state index is 5.74. The second-order valence-corrected chi connectivity index (χ2v) is 4.95. The van der Waals surface area contributed by atoms with Crippen molar-refractivity contribution in [2.75, 3.05) is 13.2 Å². The van der Waals surface area contributed by atoms with E-state index < -0.39 is 0 Å². The number of hydrogen-bond donors (Lipinski definition) is 1. The van der Waals surface area contributed by atoms with Gasteiger partial charge in [0, 0.05) is 12.5 Å². The minimum absolute atomic E-state index is 0.0954. The van der Waals surface area contributed by atoms with E-state index in [9.17, 15) is 0 Å². The number of fused-ring (bicyclic) bond motifs is 1. The standard InChI is InChI=1S/C14H17N3O2/c1-9(7-15)14-16-13(17-19-14)11-6-10-4-2-3-5-12(10)18-8-11/h2-5,9,11H,6-8,15H2,1H3. The van der Waals surface area contributed by atoms with E-state index in [1.807, 2.05) is 25.1 Å². The summed E-state index contributed by atoms with van der Waals surface area (Å²) in [5.74, 6) is 2.52. The Morgan fingerprint density at radius 1 is 1.42 bits per heavy atom. The molecule has 1 aliphatic heterocycles. The van der Waals surface area contributed by atoms with E-state index in [0.29, 0.717) is 24.9 Å². The zero-order chi connectivity index (χ0) is 13.2. The highest BCUT2D eigenvalue weighted by Gasteiger charge is 2.26. The number of ether oxygens (including phenoxy) is 1. The smallest absolute Gasteiger partial charge is 0.230 e. The van der Waals surface area contributed by atoms with Gasteiger partial charge < -0.3 is 15.0 Å². The van der Waals surface area contributed by atoms with Gasteiger partial charge in [0.05, 0.1) is 12.5 Å². The Morgan fingerprint density at radius 2 is 2.26 bits per heavy atom. The molecule has 5 heteroatoms. The number of rotatable bonds is 3. The van der Waals surface area contributed by atoms with Crippen LogP contribution in [0.15, 0.2) is 28.8 Å². The molecule has 1 aliphatic rings. The lowest BCUT2D eigenvalue weighted by atomic mass is 9.96. The van der Waals surface area contributed by atoms with Crippen molar-refractivity contribution in [1.82, 2.24) is 10.1 Å². The molecule has 0 amide bonds. The van der Waals surface area contributed by atoms with Crippen LogP contribution >= 0.6 is 0 Å². The van der Waals surface area contributed by atoms with Gasteiger partial charge in [-0.15, -0.1) is 0 Å². The Hall–Kier alpha value is -1.88. The highest BCUT2D eigenvalue weighted by Crippen LogP contribution is 2.31. The van der Waals surface area contributed by atoms with Crippen molar-refractivity contribution in [2.45, 2.75) is 25.2 Å². The first-order valence-corrected chi connectivity index (χ1v) is 6.52. The second kappa shape index (κ2) is 5.01. The lowest BCUT2D eigenvalue weighted by Gasteiger charge is -2.22. The maximum Gasteiger partial charge on any atom is 0.230 e. The lowest BCUT2D eigenvalue weighted by Crippen LogP contribution is -2.20. The number of benzene rings is 1. The molecule has 1 aromatic carbocycles. The van der Waals surface area contributed by atoms with Gasteiger partial charge in [-0.25, -0.2) is 0 Å². The molecule has 0 fully saturated rings. The van der Waals surface area contributed by atoms with Gasteiger partial charge in [-0.2, -0.15) is 4.98 Å². The van der Waals surface area contributed by atoms with E-state index in [2.05, 4.69) is 16.2 Å². The van der Waals surface area contributed by atoms with Crippen LogP contribution in [-0.2, 0) is 6.42 Å². The van der Waals surface area contributed by atoms with Crippen LogP contribution in [0, 0.1) is 0 Å². The number of nitrogens with two attached hydrogens (primary N) is 1. The molecular formula is C14H17N3O2. The minimum Gasteiger partial charge on any atom is -0.493 e. The first-order chi connectivity index (χ1) is 9.28. The predicted molar refractivity (Wildman–Crippen MR) is 70.1 cm³/mol. The van der Waals surface area contributed by atoms with Crippen LogP contribution in [0.5, 0.6) is 5.75 Å². The molecule has 0 spiro atoms. The van der Waals surface area contributed by atoms with Crippen molar-refractivity contribution in [3.8, 4) is 5.75 Å². The number of aromatic nitrogens is 2. The normalized spacial score (nSPS) is 19.6. The first-order valence-electron chi connectivity index (χ1n) is 6.52. The summed E-state index contributed by atoms with van der Waals surface area (Å²) in [6.45, 7) is 3.07. The topological polar surface area (TPSA) is 74.2 Å². The summed E-state index contributed by atoms with van der Waals surface area (Å²) in [4.78, 5) is 4.44. The summed E-state index contributed by atoms with van der Waals surface area (Å²) >= 11 is 0. The van der Waals surface area contributed by atoms with E-state index in [-0.39, 0.29) is 11.8 Å². The quantitative estimate of drug-likeness (QED) is 0.910. The maximum absolute atomic E-state index is 5.74. The molecule has 2 unspecified atom stereocenters. The van der Waals surface area contributed by atoms with E-state index >= 15 is 0 Å². The summed E-state index contributed by atoms with van der Waals surface area (Å²) in [6.07, 6.45) is 0.881. The molecule has 0 bridgehead atoms. The molecule has 5 nitrogen and oxygen atoms in total. The van der Waals surface area contributed by atoms with Gasteiger partial charge >= 0.3 is 0 Å². The molecule has 2 N–H and O–H groups in total. The molecule has 0 saturated heterocycles. The van der Waals surface area contributed by atoms with Crippen LogP contribution < -0.4 is 10.5 Å².